The standard InChI is InChI=1S/C16H22OS/c1-16(2,3)12-7-9-14(10-8-12)18-15-6-4-5-13(17)11-15/h7-10,15H,4-6,11H2,1-3H3. The second kappa shape index (κ2) is 5.48. The van der Waals surface area contributed by atoms with Gasteiger partial charge in [-0.3, -0.25) is 4.79 Å². The maximum absolute atomic E-state index is 11.4. The molecular formula is C16H22OS. The van der Waals surface area contributed by atoms with E-state index in [9.17, 15) is 4.79 Å². The predicted octanol–water partition coefficient (Wildman–Crippen LogP) is 4.59. The van der Waals surface area contributed by atoms with Crippen LogP contribution < -0.4 is 0 Å². The third kappa shape index (κ3) is 3.61. The maximum atomic E-state index is 11.4. The van der Waals surface area contributed by atoms with Crippen LogP contribution in [0, 0.1) is 0 Å². The minimum absolute atomic E-state index is 0.212. The van der Waals surface area contributed by atoms with Crippen molar-refractivity contribution in [3.8, 4) is 0 Å². The van der Waals surface area contributed by atoms with E-state index < -0.39 is 0 Å². The Balaban J connectivity index is 2.00. The minimum Gasteiger partial charge on any atom is -0.300 e. The molecule has 0 aliphatic heterocycles. The van der Waals surface area contributed by atoms with Crippen molar-refractivity contribution in [1.82, 2.24) is 0 Å². The van der Waals surface area contributed by atoms with Crippen molar-refractivity contribution in [2.75, 3.05) is 0 Å². The molecule has 1 unspecified atom stereocenters. The van der Waals surface area contributed by atoms with Gasteiger partial charge in [0, 0.05) is 23.0 Å². The number of hydrogen-bond donors (Lipinski definition) is 0. The zero-order valence-corrected chi connectivity index (χ0v) is 12.3. The second-order valence-corrected chi connectivity index (χ2v) is 7.52. The maximum Gasteiger partial charge on any atom is 0.134 e. The molecule has 1 aromatic carbocycles. The molecule has 1 nitrogen and oxygen atoms in total. The van der Waals surface area contributed by atoms with E-state index in [2.05, 4.69) is 45.0 Å². The Kier molecular flexibility index (Phi) is 4.16. The van der Waals surface area contributed by atoms with Crippen LogP contribution in [0.2, 0.25) is 0 Å². The van der Waals surface area contributed by atoms with E-state index in [0.29, 0.717) is 11.0 Å². The molecule has 0 aromatic heterocycles. The molecule has 2 heteroatoms. The Morgan fingerprint density at radius 3 is 2.39 bits per heavy atom. The molecular weight excluding hydrogens is 240 g/mol. The van der Waals surface area contributed by atoms with Crippen LogP contribution in [0.3, 0.4) is 0 Å². The van der Waals surface area contributed by atoms with Crippen molar-refractivity contribution >= 4 is 17.5 Å². The van der Waals surface area contributed by atoms with Crippen molar-refractivity contribution < 1.29 is 4.79 Å². The first-order chi connectivity index (χ1) is 8.45. The number of rotatable bonds is 2. The lowest BCUT2D eigenvalue weighted by Gasteiger charge is -2.22. The molecule has 18 heavy (non-hydrogen) atoms. The van der Waals surface area contributed by atoms with Crippen LogP contribution in [0.25, 0.3) is 0 Å². The van der Waals surface area contributed by atoms with E-state index in [4.69, 9.17) is 0 Å². The van der Waals surface area contributed by atoms with Gasteiger partial charge in [0.05, 0.1) is 0 Å². The van der Waals surface area contributed by atoms with Crippen molar-refractivity contribution in [2.45, 2.75) is 62.0 Å². The second-order valence-electron chi connectivity index (χ2n) is 6.15. The Labute approximate surface area is 114 Å². The summed E-state index contributed by atoms with van der Waals surface area (Å²) >= 11 is 1.87. The molecule has 0 bridgehead atoms. The van der Waals surface area contributed by atoms with Gasteiger partial charge in [-0.15, -0.1) is 11.8 Å². The number of carbonyl (C=O) groups is 1. The summed E-state index contributed by atoms with van der Waals surface area (Å²) in [7, 11) is 0. The number of Topliss-reactive ketones (excluding diaryl/α,β-unsaturated/α-hetero) is 1. The number of hydrogen-bond acceptors (Lipinski definition) is 2. The molecule has 2 rings (SSSR count). The Bertz CT molecular complexity index is 414. The fourth-order valence-electron chi connectivity index (χ4n) is 2.31. The molecule has 0 heterocycles. The summed E-state index contributed by atoms with van der Waals surface area (Å²) in [6, 6.07) is 8.83. The van der Waals surface area contributed by atoms with E-state index in [1.165, 1.54) is 16.9 Å². The van der Waals surface area contributed by atoms with Gasteiger partial charge in [-0.25, -0.2) is 0 Å². The van der Waals surface area contributed by atoms with Gasteiger partial charge in [-0.05, 0) is 36.0 Å². The van der Waals surface area contributed by atoms with Crippen LogP contribution in [0.1, 0.15) is 52.0 Å². The monoisotopic (exact) mass is 262 g/mol. The summed E-state index contributed by atoms with van der Waals surface area (Å²) in [6.45, 7) is 6.69. The van der Waals surface area contributed by atoms with Crippen molar-refractivity contribution in [2.24, 2.45) is 0 Å². The fourth-order valence-corrected chi connectivity index (χ4v) is 3.54. The Hall–Kier alpha value is -0.760. The topological polar surface area (TPSA) is 17.1 Å². The molecule has 1 aromatic rings. The molecule has 98 valence electrons. The van der Waals surface area contributed by atoms with Crippen LogP contribution in [-0.2, 0) is 10.2 Å². The highest BCUT2D eigenvalue weighted by atomic mass is 32.2. The van der Waals surface area contributed by atoms with Gasteiger partial charge in [0.2, 0.25) is 0 Å². The first kappa shape index (κ1) is 13.7. The zero-order valence-electron chi connectivity index (χ0n) is 11.5. The average Bonchev–Trinajstić information content (AvgIpc) is 2.28. The van der Waals surface area contributed by atoms with Crippen molar-refractivity contribution in [1.29, 1.82) is 0 Å². The SMILES string of the molecule is CC(C)(C)c1ccc(SC2CCCC(=O)C2)cc1. The lowest BCUT2D eigenvalue weighted by molar-refractivity contribution is -0.120. The van der Waals surface area contributed by atoms with Gasteiger partial charge in [0.15, 0.2) is 0 Å². The highest BCUT2D eigenvalue weighted by Gasteiger charge is 2.20. The molecule has 1 fully saturated rings. The summed E-state index contributed by atoms with van der Waals surface area (Å²) in [6.07, 6.45) is 3.79. The number of ketones is 1. The van der Waals surface area contributed by atoms with E-state index >= 15 is 0 Å². The van der Waals surface area contributed by atoms with Crippen LogP contribution in [0.5, 0.6) is 0 Å². The first-order valence-electron chi connectivity index (χ1n) is 6.74. The number of benzene rings is 1. The van der Waals surface area contributed by atoms with Gasteiger partial charge >= 0.3 is 0 Å². The van der Waals surface area contributed by atoms with Crippen LogP contribution >= 0.6 is 11.8 Å². The minimum atomic E-state index is 0.212. The van der Waals surface area contributed by atoms with Crippen molar-refractivity contribution in [3.05, 3.63) is 29.8 Å². The van der Waals surface area contributed by atoms with E-state index in [1.807, 2.05) is 11.8 Å². The van der Waals surface area contributed by atoms with Crippen LogP contribution in [0.15, 0.2) is 29.2 Å². The molecule has 1 atom stereocenters. The van der Waals surface area contributed by atoms with E-state index in [1.54, 1.807) is 0 Å². The molecule has 1 aliphatic rings. The molecule has 0 saturated heterocycles. The lowest BCUT2D eigenvalue weighted by atomic mass is 9.87. The van der Waals surface area contributed by atoms with Gasteiger partial charge in [-0.2, -0.15) is 0 Å². The summed E-state index contributed by atoms with van der Waals surface area (Å²) in [5.74, 6) is 0.435. The highest BCUT2D eigenvalue weighted by Crippen LogP contribution is 2.33. The van der Waals surface area contributed by atoms with E-state index in [0.717, 1.165) is 19.3 Å². The lowest BCUT2D eigenvalue weighted by Crippen LogP contribution is -2.16. The average molecular weight is 262 g/mol. The Morgan fingerprint density at radius 2 is 1.83 bits per heavy atom. The smallest absolute Gasteiger partial charge is 0.134 e. The van der Waals surface area contributed by atoms with Crippen molar-refractivity contribution in [3.63, 3.8) is 0 Å². The van der Waals surface area contributed by atoms with Gasteiger partial charge in [-0.1, -0.05) is 32.9 Å². The third-order valence-corrected chi connectivity index (χ3v) is 4.74. The third-order valence-electron chi connectivity index (χ3n) is 3.46. The number of thioether (sulfide) groups is 1. The fraction of sp³-hybridized carbons (Fsp3) is 0.562. The highest BCUT2D eigenvalue weighted by molar-refractivity contribution is 8.00. The van der Waals surface area contributed by atoms with Crippen LogP contribution in [0.4, 0.5) is 0 Å². The normalized spacial score (nSPS) is 21.1. The summed E-state index contributed by atoms with van der Waals surface area (Å²) in [5.41, 5.74) is 1.58. The van der Waals surface area contributed by atoms with Crippen LogP contribution in [-0.4, -0.2) is 11.0 Å². The van der Waals surface area contributed by atoms with Gasteiger partial charge < -0.3 is 0 Å². The molecule has 0 spiro atoms. The molecule has 0 N–H and O–H groups in total. The zero-order chi connectivity index (χ0) is 13.2. The molecule has 0 radical (unpaired) electrons. The molecule has 1 aliphatic carbocycles. The summed E-state index contributed by atoms with van der Waals surface area (Å²) in [4.78, 5) is 12.7. The van der Waals surface area contributed by atoms with Gasteiger partial charge in [0.1, 0.15) is 5.78 Å². The summed E-state index contributed by atoms with van der Waals surface area (Å²) < 4.78 is 0. The molecule has 0 amide bonds. The van der Waals surface area contributed by atoms with E-state index in [-0.39, 0.29) is 5.41 Å². The summed E-state index contributed by atoms with van der Waals surface area (Å²) in [5, 5.41) is 0.492. The largest absolute Gasteiger partial charge is 0.300 e. The quantitative estimate of drug-likeness (QED) is 0.775. The predicted molar refractivity (Wildman–Crippen MR) is 78.3 cm³/mol. The van der Waals surface area contributed by atoms with Gasteiger partial charge in [0.25, 0.3) is 0 Å². The Morgan fingerprint density at radius 1 is 1.17 bits per heavy atom. The molecule has 1 saturated carbocycles. The first-order valence-corrected chi connectivity index (χ1v) is 7.62. The number of carbonyl (C=O) groups excluding carboxylic acids is 1.